The van der Waals surface area contributed by atoms with Gasteiger partial charge in [0.15, 0.2) is 9.84 Å². The predicted molar refractivity (Wildman–Crippen MR) is 59.3 cm³/mol. The number of rotatable bonds is 6. The van der Waals surface area contributed by atoms with Gasteiger partial charge in [-0.1, -0.05) is 6.92 Å². The van der Waals surface area contributed by atoms with Crippen molar-refractivity contribution in [3.05, 3.63) is 18.0 Å². The van der Waals surface area contributed by atoms with Crippen molar-refractivity contribution in [3.63, 3.8) is 0 Å². The molecule has 5 nitrogen and oxygen atoms in total. The minimum atomic E-state index is -2.90. The molecule has 15 heavy (non-hydrogen) atoms. The average Bonchev–Trinajstić information content (AvgIpc) is 2.64. The Morgan fingerprint density at radius 3 is 2.87 bits per heavy atom. The molecule has 0 atom stereocenters. The normalized spacial score (nSPS) is 11.9. The zero-order valence-corrected chi connectivity index (χ0v) is 9.92. The molecule has 0 unspecified atom stereocenters. The molecule has 0 aliphatic heterocycles. The number of sulfone groups is 1. The topological polar surface area (TPSA) is 64.0 Å². The fourth-order valence-electron chi connectivity index (χ4n) is 1.20. The molecule has 0 aliphatic rings. The summed E-state index contributed by atoms with van der Waals surface area (Å²) < 4.78 is 24.2. The van der Waals surface area contributed by atoms with Gasteiger partial charge in [-0.2, -0.15) is 5.10 Å². The molecule has 6 heteroatoms. The summed E-state index contributed by atoms with van der Waals surface area (Å²) in [7, 11) is -1.04. The van der Waals surface area contributed by atoms with E-state index in [1.54, 1.807) is 17.8 Å². The first-order chi connectivity index (χ1) is 7.07. The lowest BCUT2D eigenvalue weighted by atomic mass is 10.4. The zero-order chi connectivity index (χ0) is 11.3. The molecule has 0 bridgehead atoms. The van der Waals surface area contributed by atoms with E-state index in [4.69, 9.17) is 0 Å². The van der Waals surface area contributed by atoms with Crippen molar-refractivity contribution in [1.29, 1.82) is 0 Å². The van der Waals surface area contributed by atoms with Crippen LogP contribution in [0, 0.1) is 0 Å². The van der Waals surface area contributed by atoms with E-state index in [0.717, 1.165) is 12.1 Å². The van der Waals surface area contributed by atoms with E-state index >= 15 is 0 Å². The molecule has 1 N–H and O–H groups in total. The van der Waals surface area contributed by atoms with Gasteiger partial charge in [-0.15, -0.1) is 0 Å². The fraction of sp³-hybridized carbons (Fsp3) is 0.667. The Hall–Kier alpha value is -0.880. The fourth-order valence-corrected chi connectivity index (χ4v) is 1.95. The van der Waals surface area contributed by atoms with Crippen molar-refractivity contribution in [2.75, 3.05) is 18.6 Å². The minimum Gasteiger partial charge on any atom is -0.316 e. The molecular weight excluding hydrogens is 214 g/mol. The van der Waals surface area contributed by atoms with Crippen LogP contribution in [0.4, 0.5) is 0 Å². The standard InChI is InChI=1S/C9H17N3O2S/c1-3-15(13,14)5-4-12-8-9(6-10-2)7-11-12/h7-8,10H,3-6H2,1-2H3. The second kappa shape index (κ2) is 5.27. The first-order valence-corrected chi connectivity index (χ1v) is 6.76. The van der Waals surface area contributed by atoms with Gasteiger partial charge in [-0.3, -0.25) is 4.68 Å². The Morgan fingerprint density at radius 1 is 1.53 bits per heavy atom. The van der Waals surface area contributed by atoms with Crippen LogP contribution in [0.25, 0.3) is 0 Å². The van der Waals surface area contributed by atoms with E-state index < -0.39 is 9.84 Å². The summed E-state index contributed by atoms with van der Waals surface area (Å²) in [5.74, 6) is 0.349. The highest BCUT2D eigenvalue weighted by Gasteiger charge is 2.07. The monoisotopic (exact) mass is 231 g/mol. The van der Waals surface area contributed by atoms with Gasteiger partial charge in [0.05, 0.1) is 18.5 Å². The van der Waals surface area contributed by atoms with Crippen LogP contribution in [0.15, 0.2) is 12.4 Å². The van der Waals surface area contributed by atoms with Crippen LogP contribution >= 0.6 is 0 Å². The van der Waals surface area contributed by atoms with Gasteiger partial charge in [-0.25, -0.2) is 8.42 Å². The summed E-state index contributed by atoms with van der Waals surface area (Å²) in [5, 5.41) is 7.09. The number of hydrogen-bond donors (Lipinski definition) is 1. The molecule has 0 saturated heterocycles. The molecule has 0 fully saturated rings. The van der Waals surface area contributed by atoms with Gasteiger partial charge < -0.3 is 5.32 Å². The molecular formula is C9H17N3O2S. The molecule has 1 heterocycles. The van der Waals surface area contributed by atoms with E-state index in [1.165, 1.54) is 0 Å². The van der Waals surface area contributed by atoms with E-state index in [2.05, 4.69) is 10.4 Å². The maximum absolute atomic E-state index is 11.3. The lowest BCUT2D eigenvalue weighted by Crippen LogP contribution is -2.14. The molecule has 1 rings (SSSR count). The van der Waals surface area contributed by atoms with Crippen molar-refractivity contribution < 1.29 is 8.42 Å². The lowest BCUT2D eigenvalue weighted by molar-refractivity contribution is 0.581. The summed E-state index contributed by atoms with van der Waals surface area (Å²) in [4.78, 5) is 0. The lowest BCUT2D eigenvalue weighted by Gasteiger charge is -2.01. The third-order valence-electron chi connectivity index (χ3n) is 2.14. The van der Waals surface area contributed by atoms with Gasteiger partial charge in [0.25, 0.3) is 0 Å². The zero-order valence-electron chi connectivity index (χ0n) is 9.10. The molecule has 0 spiro atoms. The average molecular weight is 231 g/mol. The van der Waals surface area contributed by atoms with Crippen molar-refractivity contribution in [2.45, 2.75) is 20.0 Å². The molecule has 1 aromatic heterocycles. The second-order valence-corrected chi connectivity index (χ2v) is 5.85. The van der Waals surface area contributed by atoms with Crippen LogP contribution < -0.4 is 5.32 Å². The molecule has 86 valence electrons. The Balaban J connectivity index is 2.51. The van der Waals surface area contributed by atoms with Gasteiger partial charge in [-0.05, 0) is 7.05 Å². The predicted octanol–water partition coefficient (Wildman–Crippen LogP) is 0.0372. The summed E-state index contributed by atoms with van der Waals surface area (Å²) in [6.45, 7) is 2.84. The van der Waals surface area contributed by atoms with E-state index in [-0.39, 0.29) is 11.5 Å². The number of nitrogens with one attached hydrogen (secondary N) is 1. The summed E-state index contributed by atoms with van der Waals surface area (Å²) in [5.41, 5.74) is 1.06. The SMILES string of the molecule is CCS(=O)(=O)CCn1cc(CNC)cn1. The van der Waals surface area contributed by atoms with E-state index in [1.807, 2.05) is 13.2 Å². The van der Waals surface area contributed by atoms with E-state index in [0.29, 0.717) is 6.54 Å². The highest BCUT2D eigenvalue weighted by Crippen LogP contribution is 1.98. The second-order valence-electron chi connectivity index (χ2n) is 3.38. The van der Waals surface area contributed by atoms with Crippen LogP contribution in [0.3, 0.4) is 0 Å². The quantitative estimate of drug-likeness (QED) is 0.750. The number of aromatic nitrogens is 2. The van der Waals surface area contributed by atoms with Crippen LogP contribution in [0.5, 0.6) is 0 Å². The van der Waals surface area contributed by atoms with Gasteiger partial charge >= 0.3 is 0 Å². The molecule has 1 aromatic rings. The summed E-state index contributed by atoms with van der Waals surface area (Å²) in [6.07, 6.45) is 3.61. The maximum atomic E-state index is 11.3. The third kappa shape index (κ3) is 4.01. The Bertz CT molecular complexity index is 397. The molecule has 0 aliphatic carbocycles. The van der Waals surface area contributed by atoms with Crippen molar-refractivity contribution in [1.82, 2.24) is 15.1 Å². The highest BCUT2D eigenvalue weighted by atomic mass is 32.2. The molecule has 0 aromatic carbocycles. The third-order valence-corrected chi connectivity index (χ3v) is 3.82. The number of aryl methyl sites for hydroxylation is 1. The maximum Gasteiger partial charge on any atom is 0.151 e. The van der Waals surface area contributed by atoms with E-state index in [9.17, 15) is 8.42 Å². The van der Waals surface area contributed by atoms with Crippen LogP contribution in [-0.4, -0.2) is 36.8 Å². The first kappa shape index (κ1) is 12.2. The molecule has 0 saturated carbocycles. The van der Waals surface area contributed by atoms with Gasteiger partial charge in [0.2, 0.25) is 0 Å². The largest absolute Gasteiger partial charge is 0.316 e. The smallest absolute Gasteiger partial charge is 0.151 e. The van der Waals surface area contributed by atoms with Crippen molar-refractivity contribution >= 4 is 9.84 Å². The molecule has 0 radical (unpaired) electrons. The summed E-state index contributed by atoms with van der Waals surface area (Å²) >= 11 is 0. The summed E-state index contributed by atoms with van der Waals surface area (Å²) in [6, 6.07) is 0. The van der Waals surface area contributed by atoms with Crippen LogP contribution in [0.1, 0.15) is 12.5 Å². The molecule has 0 amide bonds. The first-order valence-electron chi connectivity index (χ1n) is 4.93. The Kier molecular flexibility index (Phi) is 4.28. The highest BCUT2D eigenvalue weighted by molar-refractivity contribution is 7.91. The van der Waals surface area contributed by atoms with Gasteiger partial charge in [0.1, 0.15) is 0 Å². The number of hydrogen-bond acceptors (Lipinski definition) is 4. The Morgan fingerprint density at radius 2 is 2.27 bits per heavy atom. The minimum absolute atomic E-state index is 0.157. The van der Waals surface area contributed by atoms with Crippen molar-refractivity contribution in [2.24, 2.45) is 0 Å². The Labute approximate surface area is 90.4 Å². The van der Waals surface area contributed by atoms with Gasteiger partial charge in [0, 0.05) is 24.1 Å². The van der Waals surface area contributed by atoms with Crippen LogP contribution in [-0.2, 0) is 22.9 Å². The van der Waals surface area contributed by atoms with Crippen LogP contribution in [0.2, 0.25) is 0 Å². The number of nitrogens with zero attached hydrogens (tertiary/aromatic N) is 2. The van der Waals surface area contributed by atoms with Crippen molar-refractivity contribution in [3.8, 4) is 0 Å².